The Morgan fingerprint density at radius 3 is 2.35 bits per heavy atom. The van der Waals surface area contributed by atoms with Crippen LogP contribution in [0.2, 0.25) is 0 Å². The molecule has 0 spiro atoms. The normalized spacial score (nSPS) is 17.3. The highest BCUT2D eigenvalue weighted by Crippen LogP contribution is 2.27. The molecule has 2 aromatic rings. The van der Waals surface area contributed by atoms with Crippen LogP contribution in [0.25, 0.3) is 0 Å². The topological polar surface area (TPSA) is 64.4 Å². The molecular formula is C16H18F3N3O3S. The van der Waals surface area contributed by atoms with Crippen molar-refractivity contribution in [1.29, 1.82) is 0 Å². The van der Waals surface area contributed by atoms with Crippen molar-refractivity contribution in [2.45, 2.75) is 30.6 Å². The summed E-state index contributed by atoms with van der Waals surface area (Å²) < 4.78 is 69.0. The van der Waals surface area contributed by atoms with Gasteiger partial charge in [-0.3, -0.25) is 0 Å². The predicted molar refractivity (Wildman–Crippen MR) is 86.8 cm³/mol. The number of aromatic nitrogens is 2. The Balaban J connectivity index is 1.62. The van der Waals surface area contributed by atoms with Crippen molar-refractivity contribution < 1.29 is 26.3 Å². The quantitative estimate of drug-likeness (QED) is 0.789. The molecule has 1 aromatic heterocycles. The van der Waals surface area contributed by atoms with Crippen LogP contribution in [-0.2, 0) is 16.6 Å². The van der Waals surface area contributed by atoms with Gasteiger partial charge in [-0.1, -0.05) is 0 Å². The fourth-order valence-corrected chi connectivity index (χ4v) is 4.46. The average Bonchev–Trinajstić information content (AvgIpc) is 3.07. The van der Waals surface area contributed by atoms with Crippen LogP contribution >= 0.6 is 0 Å². The molecule has 0 amide bonds. The van der Waals surface area contributed by atoms with Gasteiger partial charge in [0.15, 0.2) is 0 Å². The van der Waals surface area contributed by atoms with Crippen molar-refractivity contribution in [3.05, 3.63) is 43.0 Å². The maximum atomic E-state index is 12.7. The van der Waals surface area contributed by atoms with E-state index in [0.29, 0.717) is 31.8 Å². The van der Waals surface area contributed by atoms with E-state index in [0.717, 1.165) is 30.8 Å². The van der Waals surface area contributed by atoms with Crippen LogP contribution < -0.4 is 4.74 Å². The first-order chi connectivity index (χ1) is 12.2. The molecule has 6 nitrogen and oxygen atoms in total. The van der Waals surface area contributed by atoms with E-state index >= 15 is 0 Å². The summed E-state index contributed by atoms with van der Waals surface area (Å²) >= 11 is 0. The number of piperidine rings is 1. The molecule has 26 heavy (non-hydrogen) atoms. The van der Waals surface area contributed by atoms with Crippen molar-refractivity contribution in [2.24, 2.45) is 5.92 Å². The fraction of sp³-hybridized carbons (Fsp3) is 0.438. The molecule has 10 heteroatoms. The second kappa shape index (κ2) is 7.28. The molecule has 0 unspecified atom stereocenters. The number of ether oxygens (including phenoxy) is 1. The van der Waals surface area contributed by atoms with Crippen molar-refractivity contribution in [1.82, 2.24) is 13.9 Å². The summed E-state index contributed by atoms with van der Waals surface area (Å²) in [5, 5.41) is 0. The summed E-state index contributed by atoms with van der Waals surface area (Å²) in [6, 6.07) is 4.28. The van der Waals surface area contributed by atoms with Crippen LogP contribution in [0.15, 0.2) is 47.9 Å². The van der Waals surface area contributed by atoms with Gasteiger partial charge < -0.3 is 9.30 Å². The third-order valence-electron chi connectivity index (χ3n) is 4.30. The van der Waals surface area contributed by atoms with Gasteiger partial charge in [0.1, 0.15) is 5.75 Å². The fourth-order valence-electron chi connectivity index (χ4n) is 2.99. The Morgan fingerprint density at radius 1 is 1.15 bits per heavy atom. The van der Waals surface area contributed by atoms with Gasteiger partial charge in [0.05, 0.1) is 11.2 Å². The second-order valence-corrected chi connectivity index (χ2v) is 8.06. The lowest BCUT2D eigenvalue weighted by Crippen LogP contribution is -2.39. The Hall–Kier alpha value is -2.07. The number of benzene rings is 1. The van der Waals surface area contributed by atoms with Crippen LogP contribution in [0.5, 0.6) is 5.75 Å². The number of rotatable bonds is 5. The minimum atomic E-state index is -4.81. The summed E-state index contributed by atoms with van der Waals surface area (Å²) in [4.78, 5) is 3.95. The van der Waals surface area contributed by atoms with Gasteiger partial charge in [0, 0.05) is 32.0 Å². The summed E-state index contributed by atoms with van der Waals surface area (Å²) in [5.74, 6) is -0.0892. The Morgan fingerprint density at radius 2 is 1.81 bits per heavy atom. The zero-order valence-electron chi connectivity index (χ0n) is 13.8. The molecule has 1 saturated heterocycles. The molecule has 0 saturated carbocycles. The largest absolute Gasteiger partial charge is 0.573 e. The molecule has 0 N–H and O–H groups in total. The van der Waals surface area contributed by atoms with Crippen LogP contribution in [0.1, 0.15) is 12.8 Å². The van der Waals surface area contributed by atoms with E-state index in [1.165, 1.54) is 4.31 Å². The molecule has 1 aliphatic heterocycles. The highest BCUT2D eigenvalue weighted by molar-refractivity contribution is 7.89. The number of hydrogen-bond donors (Lipinski definition) is 0. The Kier molecular flexibility index (Phi) is 5.24. The van der Waals surface area contributed by atoms with Crippen molar-refractivity contribution >= 4 is 10.0 Å². The van der Waals surface area contributed by atoms with Crippen molar-refractivity contribution in [3.8, 4) is 5.75 Å². The van der Waals surface area contributed by atoms with E-state index in [4.69, 9.17) is 0 Å². The molecule has 1 aliphatic rings. The summed E-state index contributed by atoms with van der Waals surface area (Å²) in [6.45, 7) is 1.54. The third-order valence-corrected chi connectivity index (χ3v) is 6.21. The van der Waals surface area contributed by atoms with Gasteiger partial charge >= 0.3 is 6.36 Å². The summed E-state index contributed by atoms with van der Waals surface area (Å²) in [5.41, 5.74) is 0. The van der Waals surface area contributed by atoms with Crippen LogP contribution in [-0.4, -0.2) is 41.7 Å². The zero-order valence-corrected chi connectivity index (χ0v) is 14.6. The summed E-state index contributed by atoms with van der Waals surface area (Å²) in [6.07, 6.45) is 1.92. The van der Waals surface area contributed by atoms with Crippen LogP contribution in [0.4, 0.5) is 13.2 Å². The van der Waals surface area contributed by atoms with Gasteiger partial charge in [-0.2, -0.15) is 4.31 Å². The van der Waals surface area contributed by atoms with Gasteiger partial charge in [0.2, 0.25) is 10.0 Å². The lowest BCUT2D eigenvalue weighted by molar-refractivity contribution is -0.274. The molecule has 0 radical (unpaired) electrons. The highest BCUT2D eigenvalue weighted by Gasteiger charge is 2.32. The predicted octanol–water partition coefficient (Wildman–Crippen LogP) is 2.88. The maximum absolute atomic E-state index is 12.7. The van der Waals surface area contributed by atoms with E-state index in [1.807, 2.05) is 10.8 Å². The van der Waals surface area contributed by atoms with E-state index < -0.39 is 22.1 Å². The number of sulfonamides is 1. The molecular weight excluding hydrogens is 371 g/mol. The number of hydrogen-bond acceptors (Lipinski definition) is 4. The molecule has 0 aliphatic carbocycles. The monoisotopic (exact) mass is 389 g/mol. The molecule has 3 rings (SSSR count). The molecule has 0 atom stereocenters. The van der Waals surface area contributed by atoms with Gasteiger partial charge in [-0.05, 0) is 43.0 Å². The molecule has 2 heterocycles. The highest BCUT2D eigenvalue weighted by atomic mass is 32.2. The van der Waals surface area contributed by atoms with E-state index in [1.54, 1.807) is 12.5 Å². The standard InChI is InChI=1S/C16H18F3N3O3S/c17-16(18,19)25-14-1-3-15(4-2-14)26(23,24)22-8-5-13(6-9-22)11-21-10-7-20-12-21/h1-4,7,10,12-13H,5-6,8-9,11H2. The van der Waals surface area contributed by atoms with Gasteiger partial charge in [-0.15, -0.1) is 13.2 Å². The Bertz CT molecular complexity index is 813. The first kappa shape index (κ1) is 18.7. The Labute approximate surface area is 149 Å². The first-order valence-corrected chi connectivity index (χ1v) is 9.50. The van der Waals surface area contributed by atoms with Crippen LogP contribution in [0, 0.1) is 5.92 Å². The van der Waals surface area contributed by atoms with E-state index in [9.17, 15) is 21.6 Å². The SMILES string of the molecule is O=S(=O)(c1ccc(OC(F)(F)F)cc1)N1CCC(Cn2ccnc2)CC1. The van der Waals surface area contributed by atoms with Crippen LogP contribution in [0.3, 0.4) is 0 Å². The van der Waals surface area contributed by atoms with Crippen molar-refractivity contribution in [3.63, 3.8) is 0 Å². The minimum absolute atomic E-state index is 0.0416. The van der Waals surface area contributed by atoms with E-state index in [-0.39, 0.29) is 4.90 Å². The zero-order chi connectivity index (χ0) is 18.8. The van der Waals surface area contributed by atoms with Gasteiger partial charge in [0.25, 0.3) is 0 Å². The lowest BCUT2D eigenvalue weighted by atomic mass is 9.98. The lowest BCUT2D eigenvalue weighted by Gasteiger charge is -2.31. The molecule has 142 valence electrons. The molecule has 1 aromatic carbocycles. The molecule has 0 bridgehead atoms. The van der Waals surface area contributed by atoms with Crippen molar-refractivity contribution in [2.75, 3.05) is 13.1 Å². The van der Waals surface area contributed by atoms with E-state index in [2.05, 4.69) is 9.72 Å². The second-order valence-electron chi connectivity index (χ2n) is 6.13. The maximum Gasteiger partial charge on any atom is 0.573 e. The number of alkyl halides is 3. The average molecular weight is 389 g/mol. The first-order valence-electron chi connectivity index (χ1n) is 8.06. The van der Waals surface area contributed by atoms with Gasteiger partial charge in [-0.25, -0.2) is 13.4 Å². The third kappa shape index (κ3) is 4.55. The number of nitrogens with zero attached hydrogens (tertiary/aromatic N) is 3. The summed E-state index contributed by atoms with van der Waals surface area (Å²) in [7, 11) is -3.73. The minimum Gasteiger partial charge on any atom is -0.406 e. The smallest absolute Gasteiger partial charge is 0.406 e. The molecule has 1 fully saturated rings. The number of imidazole rings is 1. The number of halogens is 3.